The minimum atomic E-state index is -1.70. The summed E-state index contributed by atoms with van der Waals surface area (Å²) in [4.78, 5) is 213. The zero-order valence-electron chi connectivity index (χ0n) is 82.7. The Kier molecular flexibility index (Phi) is 61.1. The predicted octanol–water partition coefficient (Wildman–Crippen LogP) is 9.86. The van der Waals surface area contributed by atoms with Crippen LogP contribution in [0.25, 0.3) is 22.3 Å². The molecule has 0 aromatic heterocycles. The van der Waals surface area contributed by atoms with Gasteiger partial charge in [-0.25, -0.2) is 4.79 Å². The van der Waals surface area contributed by atoms with E-state index in [4.69, 9.17) is 16.6 Å². The van der Waals surface area contributed by atoms with E-state index in [9.17, 15) is 118 Å². The molecule has 0 aliphatic carbocycles. The molecule has 0 fully saturated rings. The van der Waals surface area contributed by atoms with E-state index in [-0.39, 0.29) is 142 Å². The number of aliphatic hydroxyl groups is 4. The highest BCUT2D eigenvalue weighted by atomic mass is 16.4. The molecule has 12 atom stereocenters. The Morgan fingerprint density at radius 2 is 0.718 bits per heavy atom. The number of carbonyl (C=O) groups is 16. The number of ketones is 4. The number of Topliss-reactive ketones (excluding diaryl/α,β-unsaturated/α-hetero) is 4. The van der Waals surface area contributed by atoms with E-state index in [0.29, 0.717) is 24.0 Å². The van der Waals surface area contributed by atoms with Gasteiger partial charge in [-0.1, -0.05) is 228 Å². The van der Waals surface area contributed by atoms with Gasteiger partial charge < -0.3 is 109 Å². The third-order valence-electron chi connectivity index (χ3n) is 25.4. The third-order valence-corrected chi connectivity index (χ3v) is 25.4. The molecule has 0 radical (unpaired) electrons. The Bertz CT molecular complexity index is 4720. The quantitative estimate of drug-likeness (QED) is 0.0183. The molecule has 796 valence electrons. The fourth-order valence-electron chi connectivity index (χ4n) is 16.4. The predicted molar refractivity (Wildman–Crippen MR) is 542 cm³/mol. The summed E-state index contributed by atoms with van der Waals surface area (Å²) in [6.07, 6.45) is 25.3. The summed E-state index contributed by atoms with van der Waals surface area (Å²) in [5.41, 5.74) is 16.3. The molecule has 4 aromatic rings. The normalized spacial score (nSPS) is 16.8. The lowest BCUT2D eigenvalue weighted by molar-refractivity contribution is -0.143. The fourth-order valence-corrected chi connectivity index (χ4v) is 16.4. The number of nitrogens with zero attached hydrogens (tertiary/aromatic N) is 4. The van der Waals surface area contributed by atoms with Gasteiger partial charge in [0.2, 0.25) is 65.0 Å². The maximum atomic E-state index is 14.2. The van der Waals surface area contributed by atoms with E-state index in [1.54, 1.807) is 0 Å². The van der Waals surface area contributed by atoms with E-state index in [2.05, 4.69) is 46.2 Å². The van der Waals surface area contributed by atoms with Crippen molar-refractivity contribution in [3.8, 4) is 45.3 Å². The number of nitrogens with one attached hydrogen (secondary N) is 5. The number of amides is 11. The average Bonchev–Trinajstić information content (AvgIpc) is 0.788. The highest BCUT2D eigenvalue weighted by Crippen LogP contribution is 2.42. The van der Waals surface area contributed by atoms with E-state index in [1.807, 2.05) is 0 Å². The molecule has 0 saturated carbocycles. The number of nitrogens with two attached hydrogens (primary N) is 3. The maximum Gasteiger partial charge on any atom is 0.326 e. The van der Waals surface area contributed by atoms with Crippen LogP contribution >= 0.6 is 0 Å². The minimum Gasteiger partial charge on any atom is -0.507 e. The average molecular weight is 2000 g/mol. The van der Waals surface area contributed by atoms with Gasteiger partial charge in [-0.05, 0) is 97.5 Å². The van der Waals surface area contributed by atoms with Crippen molar-refractivity contribution in [2.75, 3.05) is 54.5 Å². The van der Waals surface area contributed by atoms with Crippen molar-refractivity contribution in [1.29, 1.82) is 0 Å². The Balaban J connectivity index is 0.00000131. The number of rotatable bonds is 53. The van der Waals surface area contributed by atoms with Crippen LogP contribution in [0.5, 0.6) is 23.0 Å². The number of hydrogen-bond acceptors (Lipinski definition) is 25. The summed E-state index contributed by atoms with van der Waals surface area (Å²) < 4.78 is 0. The molecule has 2 aliphatic heterocycles. The molecule has 4 aromatic carbocycles. The second-order valence-electron chi connectivity index (χ2n) is 36.7. The second kappa shape index (κ2) is 67.6. The van der Waals surface area contributed by atoms with E-state index < -0.39 is 194 Å². The third kappa shape index (κ3) is 43.2. The van der Waals surface area contributed by atoms with Gasteiger partial charge in [-0.2, -0.15) is 0 Å². The zero-order valence-corrected chi connectivity index (χ0v) is 82.7. The first kappa shape index (κ1) is 128. The zero-order chi connectivity index (χ0) is 104. The van der Waals surface area contributed by atoms with Crippen molar-refractivity contribution in [2.45, 2.75) is 356 Å². The van der Waals surface area contributed by atoms with Crippen molar-refractivity contribution >= 4 is 94.1 Å². The monoisotopic (exact) mass is 2000 g/mol. The first-order valence-electron chi connectivity index (χ1n) is 49.0. The number of carbonyl (C=O) groups excluding carboxylic acids is 15. The molecule has 0 saturated heterocycles. The van der Waals surface area contributed by atoms with Gasteiger partial charge in [0.25, 0.3) is 0 Å². The largest absolute Gasteiger partial charge is 0.507 e. The van der Waals surface area contributed by atoms with Crippen LogP contribution in [0.15, 0.2) is 72.8 Å². The van der Waals surface area contributed by atoms with Crippen molar-refractivity contribution in [3.05, 3.63) is 95.1 Å². The molecule has 37 nitrogen and oxygen atoms in total. The summed E-state index contributed by atoms with van der Waals surface area (Å²) in [5, 5.41) is 104. The summed E-state index contributed by atoms with van der Waals surface area (Å²) in [7, 11) is 5.57. The Morgan fingerprint density at radius 3 is 1.02 bits per heavy atom. The molecule has 0 spiro atoms. The van der Waals surface area contributed by atoms with Gasteiger partial charge in [-0.15, -0.1) is 0 Å². The number of hydrogen-bond donors (Lipinski definition) is 17. The number of phenolic OH excluding ortho intramolecular Hbond substituents is 4. The van der Waals surface area contributed by atoms with Crippen LogP contribution in [-0.2, 0) is 89.6 Å². The van der Waals surface area contributed by atoms with Crippen molar-refractivity contribution in [1.82, 2.24) is 46.2 Å². The second-order valence-corrected chi connectivity index (χ2v) is 36.7. The summed E-state index contributed by atoms with van der Waals surface area (Å²) in [5.74, 6) is -14.0. The van der Waals surface area contributed by atoms with E-state index in [0.717, 1.165) is 48.3 Å². The first-order valence-corrected chi connectivity index (χ1v) is 49.0. The molecule has 2 heterocycles. The number of carboxylic acids is 1. The van der Waals surface area contributed by atoms with E-state index >= 15 is 0 Å². The molecular formula is C105H166N12O25. The van der Waals surface area contributed by atoms with Crippen LogP contribution < -0.4 is 43.8 Å². The van der Waals surface area contributed by atoms with Crippen molar-refractivity contribution < 1.29 is 123 Å². The van der Waals surface area contributed by atoms with Gasteiger partial charge in [0.05, 0.1) is 31.8 Å². The molecule has 142 heavy (non-hydrogen) atoms. The number of benzene rings is 4. The number of unbranched alkanes of at least 4 members (excludes halogenated alkanes) is 24. The number of phenols is 4. The van der Waals surface area contributed by atoms with Gasteiger partial charge in [0.1, 0.15) is 71.5 Å². The van der Waals surface area contributed by atoms with Crippen LogP contribution in [0.4, 0.5) is 0 Å². The molecule has 6 rings (SSSR count). The highest BCUT2D eigenvalue weighted by Gasteiger charge is 2.39. The number of primary amides is 2. The Morgan fingerprint density at radius 1 is 0.415 bits per heavy atom. The molecular weight excluding hydrogens is 1830 g/mol. The van der Waals surface area contributed by atoms with E-state index in [1.165, 1.54) is 254 Å². The highest BCUT2D eigenvalue weighted by molar-refractivity contribution is 6.00. The first-order chi connectivity index (χ1) is 66.0. The number of likely N-dealkylation sites (N-methyl/N-ethyl adjacent to an activating group) is 4. The summed E-state index contributed by atoms with van der Waals surface area (Å²) >= 11 is 0. The molecule has 11 amide bonds. The van der Waals surface area contributed by atoms with Crippen molar-refractivity contribution in [3.63, 3.8) is 0 Å². The van der Waals surface area contributed by atoms with Crippen LogP contribution in [0, 0.1) is 11.8 Å². The standard InChI is InChI=1S/C51H76N6O12.C48H70N4O11.C3H8N2O2.3CH4/c1-6-7-8-9-10-11-12-13-14-15-16-17-18-19-45(64)56(4)39(31-58)51(69)54-33(3)40(59)24-25-46(65)57(5)47-35-21-23-42(61)37(29-35)36-27-34(20-22-41(36)60)28-38(50(68)53-30-44(63)48(52)66)55-49(67)32(2)26-43(47)62;1-6-7-8-9-10-11-12-13-14-15-16-17-18-19-43(58)51(4)38(30-53)47(61)49-32(3)39(54)24-25-44(59)52(5)45-34-21-23-41(56)36(29-34)35-27-33(20-22-40(35)55)28-37(48(62)63)50-46(60)31(2)26-42(45)57;4-1-2(6)3(5)7;;;/h20-23,27,29,32-33,38-39,44,47,58,60-61,63H,6-19,24-26,28,30-31H2,1-5H3,(H2,52,66)(H,53,68)(H,54,69)(H,55,67);20-23,27,29,31-32,37-38,45,53,55-56H,6-19,24-26,28,30H2,1-5H3,(H,49,61)(H,50,60)(H,62,63);2,6H,1,4H2,(H2,5,7);3*1H4/t32-,33-,38?,39?,44?,47+;31-,32-,37?,38?,45+;;;;/m11..../s1. The molecule has 37 heteroatoms. The van der Waals surface area contributed by atoms with Crippen LogP contribution in [0.3, 0.4) is 0 Å². The molecule has 2 aliphatic rings. The Hall–Kier alpha value is -11.8. The van der Waals surface area contributed by atoms with Crippen molar-refractivity contribution in [2.24, 2.45) is 29.0 Å². The van der Waals surface area contributed by atoms with Crippen LogP contribution in [0.2, 0.25) is 0 Å². The fraction of sp³-hybridized carbons (Fsp3) is 0.619. The number of aromatic hydroxyl groups is 4. The van der Waals surface area contributed by atoms with Crippen LogP contribution in [-0.4, -0.2) is 263 Å². The number of aliphatic carboxylic acids is 1. The molecule has 20 N–H and O–H groups in total. The number of fused-ring (bicyclic) bond motifs is 10. The number of aliphatic hydroxyl groups excluding tert-OH is 4. The van der Waals surface area contributed by atoms with Gasteiger partial charge in [-0.3, -0.25) is 71.9 Å². The smallest absolute Gasteiger partial charge is 0.326 e. The molecule has 6 unspecified atom stereocenters. The minimum absolute atomic E-state index is 0. The topological polar surface area (TPSA) is 606 Å². The van der Waals surface area contributed by atoms with Gasteiger partial charge >= 0.3 is 5.97 Å². The van der Waals surface area contributed by atoms with Crippen LogP contribution in [0.1, 0.15) is 316 Å². The lowest BCUT2D eigenvalue weighted by Gasteiger charge is -2.30. The summed E-state index contributed by atoms with van der Waals surface area (Å²) in [6.45, 7) is 8.24. The number of carboxylic acid groups (broad SMARTS) is 1. The summed E-state index contributed by atoms with van der Waals surface area (Å²) in [6, 6.07) is 6.92. The molecule has 8 bridgehead atoms. The SMILES string of the molecule is C.C.C.CCCCCCCCCCCCCCCC(=O)N(C)C(CO)C(=O)N[C@H](C)C(=O)CCC(=O)N(C)[C@@H]1C(=O)C[C@@H](C)C(=O)NC(C(=O)NCC(O)C(N)=O)Cc2ccc(O)c(c2)-c2cc1ccc2O.CCCCCCCCCCCCCCCC(=O)N(C)C(CO)C(=O)N[C@H](C)C(=O)CCC(=O)N(C)[C@@H]1C(=O)C[C@@H](C)C(=O)NC(C(=O)O)Cc2ccc(O)c(c2)-c2cc1ccc2O.NCC(O)C(N)=O. The lowest BCUT2D eigenvalue weighted by atomic mass is 9.89. The van der Waals surface area contributed by atoms with Gasteiger partial charge in [0, 0.05) is 133 Å². The Labute approximate surface area is 838 Å². The lowest BCUT2D eigenvalue weighted by Crippen LogP contribution is -2.53. The van der Waals surface area contributed by atoms with Gasteiger partial charge in [0.15, 0.2) is 23.1 Å². The maximum absolute atomic E-state index is 14.2.